The topological polar surface area (TPSA) is 64.7 Å². The average molecular weight is 402 g/mol. The van der Waals surface area contributed by atoms with Crippen LogP contribution in [0, 0.1) is 11.6 Å². The van der Waals surface area contributed by atoms with Crippen molar-refractivity contribution in [3.05, 3.63) is 59.2 Å². The summed E-state index contributed by atoms with van der Waals surface area (Å²) >= 11 is 0. The molecule has 1 heterocycles. The minimum atomic E-state index is -1.05. The van der Waals surface area contributed by atoms with Gasteiger partial charge < -0.3 is 20.4 Å². The molecule has 0 aliphatic carbocycles. The van der Waals surface area contributed by atoms with Crippen molar-refractivity contribution in [1.29, 1.82) is 0 Å². The van der Waals surface area contributed by atoms with Gasteiger partial charge in [-0.25, -0.2) is 8.78 Å². The van der Waals surface area contributed by atoms with E-state index in [4.69, 9.17) is 0 Å². The first-order valence-electron chi connectivity index (χ1n) is 9.31. The molecule has 0 saturated carbocycles. The van der Waals surface area contributed by atoms with E-state index in [0.29, 0.717) is 0 Å². The summed E-state index contributed by atoms with van der Waals surface area (Å²) in [5, 5.41) is 4.67. The molecule has 0 fully saturated rings. The summed E-state index contributed by atoms with van der Waals surface area (Å²) in [4.78, 5) is 28.4. The summed E-state index contributed by atoms with van der Waals surface area (Å²) in [5.74, 6) is -3.50. The van der Waals surface area contributed by atoms with Crippen LogP contribution in [0.4, 0.5) is 20.2 Å². The molecule has 1 aliphatic heterocycles. The summed E-state index contributed by atoms with van der Waals surface area (Å²) in [6.07, 6.45) is 0.966. The van der Waals surface area contributed by atoms with Crippen LogP contribution in [0.25, 0.3) is 0 Å². The van der Waals surface area contributed by atoms with Crippen molar-refractivity contribution in [2.75, 3.05) is 44.4 Å². The molecule has 29 heavy (non-hydrogen) atoms. The number of carbonyl (C=O) groups is 2. The Hall–Kier alpha value is -3.00. The minimum absolute atomic E-state index is 0.145. The monoisotopic (exact) mass is 402 g/mol. The summed E-state index contributed by atoms with van der Waals surface area (Å²) in [6, 6.07) is 8.70. The average Bonchev–Trinajstić information content (AvgIpc) is 3.05. The summed E-state index contributed by atoms with van der Waals surface area (Å²) in [7, 11) is 5.83. The largest absolute Gasteiger partial charge is 0.374 e. The standard InChI is InChI=1S/C21H24F2N4O2/c1-26(2)19(13-4-7-18-14(10-13)8-9-27(18)3)12-24-20(28)21(29)25-17-11-15(22)5-6-16(17)23/h4-7,10-11,19H,8-9,12H2,1-3H3,(H,24,28)(H,25,29). The fourth-order valence-electron chi connectivity index (χ4n) is 3.43. The predicted molar refractivity (Wildman–Crippen MR) is 108 cm³/mol. The first-order chi connectivity index (χ1) is 13.8. The summed E-state index contributed by atoms with van der Waals surface area (Å²) in [5.41, 5.74) is 3.10. The number of halogens is 2. The van der Waals surface area contributed by atoms with Crippen molar-refractivity contribution in [3.8, 4) is 0 Å². The Morgan fingerprint density at radius 2 is 1.90 bits per heavy atom. The van der Waals surface area contributed by atoms with Gasteiger partial charge in [-0.1, -0.05) is 12.1 Å². The molecule has 2 amide bonds. The molecule has 0 saturated heterocycles. The van der Waals surface area contributed by atoms with Gasteiger partial charge in [-0.05, 0) is 49.8 Å². The molecular formula is C21H24F2N4O2. The van der Waals surface area contributed by atoms with E-state index >= 15 is 0 Å². The molecule has 2 aromatic carbocycles. The molecule has 1 atom stereocenters. The predicted octanol–water partition coefficient (Wildman–Crippen LogP) is 2.31. The maximum absolute atomic E-state index is 13.6. The van der Waals surface area contributed by atoms with E-state index in [1.165, 1.54) is 11.3 Å². The van der Waals surface area contributed by atoms with E-state index in [1.54, 1.807) is 0 Å². The highest BCUT2D eigenvalue weighted by Gasteiger charge is 2.22. The normalized spacial score (nSPS) is 13.9. The molecule has 0 bridgehead atoms. The number of hydrogen-bond acceptors (Lipinski definition) is 4. The van der Waals surface area contributed by atoms with Gasteiger partial charge >= 0.3 is 11.8 Å². The molecule has 2 aromatic rings. The fraction of sp³-hybridized carbons (Fsp3) is 0.333. The first kappa shape index (κ1) is 20.7. The van der Waals surface area contributed by atoms with E-state index < -0.39 is 23.4 Å². The van der Waals surface area contributed by atoms with Gasteiger partial charge in [0.15, 0.2) is 0 Å². The van der Waals surface area contributed by atoms with E-state index in [1.807, 2.05) is 25.1 Å². The number of hydrogen-bond donors (Lipinski definition) is 2. The maximum Gasteiger partial charge on any atom is 0.313 e. The van der Waals surface area contributed by atoms with Gasteiger partial charge in [-0.3, -0.25) is 9.59 Å². The van der Waals surface area contributed by atoms with Crippen LogP contribution >= 0.6 is 0 Å². The van der Waals surface area contributed by atoms with Crippen LogP contribution in [0.1, 0.15) is 17.2 Å². The van der Waals surface area contributed by atoms with Gasteiger partial charge in [0.25, 0.3) is 0 Å². The molecule has 0 spiro atoms. The van der Waals surface area contributed by atoms with Crippen molar-refractivity contribution < 1.29 is 18.4 Å². The Bertz CT molecular complexity index is 933. The van der Waals surface area contributed by atoms with E-state index in [9.17, 15) is 18.4 Å². The second-order valence-electron chi connectivity index (χ2n) is 7.33. The molecule has 3 rings (SSSR count). The van der Waals surface area contributed by atoms with Crippen LogP contribution in [0.3, 0.4) is 0 Å². The van der Waals surface area contributed by atoms with Gasteiger partial charge in [-0.15, -0.1) is 0 Å². The Balaban J connectivity index is 1.65. The van der Waals surface area contributed by atoms with Crippen molar-refractivity contribution in [3.63, 3.8) is 0 Å². The third kappa shape index (κ3) is 4.71. The highest BCUT2D eigenvalue weighted by atomic mass is 19.1. The van der Waals surface area contributed by atoms with E-state index in [-0.39, 0.29) is 18.3 Å². The van der Waals surface area contributed by atoms with Crippen LogP contribution in [-0.4, -0.2) is 50.9 Å². The van der Waals surface area contributed by atoms with E-state index in [2.05, 4.69) is 34.7 Å². The van der Waals surface area contributed by atoms with Crippen molar-refractivity contribution >= 4 is 23.2 Å². The molecule has 1 aliphatic rings. The summed E-state index contributed by atoms with van der Waals surface area (Å²) < 4.78 is 26.9. The molecule has 1 unspecified atom stereocenters. The number of amides is 2. The van der Waals surface area contributed by atoms with Crippen molar-refractivity contribution in [2.45, 2.75) is 12.5 Å². The number of likely N-dealkylation sites (N-methyl/N-ethyl adjacent to an activating group) is 2. The quantitative estimate of drug-likeness (QED) is 0.754. The van der Waals surface area contributed by atoms with Gasteiger partial charge in [0.2, 0.25) is 0 Å². The smallest absolute Gasteiger partial charge is 0.313 e. The second-order valence-corrected chi connectivity index (χ2v) is 7.33. The molecule has 0 aromatic heterocycles. The summed E-state index contributed by atoms with van der Waals surface area (Å²) in [6.45, 7) is 1.17. The lowest BCUT2D eigenvalue weighted by Crippen LogP contribution is -2.40. The number of benzene rings is 2. The third-order valence-corrected chi connectivity index (χ3v) is 5.08. The number of rotatable bonds is 5. The van der Waals surface area contributed by atoms with Gasteiger partial charge in [0.05, 0.1) is 11.7 Å². The number of nitrogens with zero attached hydrogens (tertiary/aromatic N) is 2. The highest BCUT2D eigenvalue weighted by Crippen LogP contribution is 2.30. The molecule has 6 nitrogen and oxygen atoms in total. The third-order valence-electron chi connectivity index (χ3n) is 5.08. The minimum Gasteiger partial charge on any atom is -0.374 e. The second kappa shape index (κ2) is 8.57. The van der Waals surface area contributed by atoms with Gasteiger partial charge in [-0.2, -0.15) is 0 Å². The molecule has 2 N–H and O–H groups in total. The Labute approximate surface area is 168 Å². The number of nitrogens with one attached hydrogen (secondary N) is 2. The SMILES string of the molecule is CN1CCc2cc(C(CNC(=O)C(=O)Nc3cc(F)ccc3F)N(C)C)ccc21. The first-order valence-corrected chi connectivity index (χ1v) is 9.31. The Kier molecular flexibility index (Phi) is 6.12. The lowest BCUT2D eigenvalue weighted by molar-refractivity contribution is -0.136. The zero-order valence-electron chi connectivity index (χ0n) is 16.6. The van der Waals surface area contributed by atoms with Crippen LogP contribution in [-0.2, 0) is 16.0 Å². The van der Waals surface area contributed by atoms with Crippen LogP contribution in [0.5, 0.6) is 0 Å². The highest BCUT2D eigenvalue weighted by molar-refractivity contribution is 6.39. The van der Waals surface area contributed by atoms with Crippen LogP contribution in [0.15, 0.2) is 36.4 Å². The van der Waals surface area contributed by atoms with Crippen molar-refractivity contribution in [2.24, 2.45) is 0 Å². The molecular weight excluding hydrogens is 378 g/mol. The van der Waals surface area contributed by atoms with Crippen molar-refractivity contribution in [1.82, 2.24) is 10.2 Å². The Morgan fingerprint density at radius 1 is 1.14 bits per heavy atom. The lowest BCUT2D eigenvalue weighted by Gasteiger charge is -2.26. The molecule has 8 heteroatoms. The maximum atomic E-state index is 13.6. The zero-order chi connectivity index (χ0) is 21.1. The van der Waals surface area contributed by atoms with Crippen LogP contribution < -0.4 is 15.5 Å². The van der Waals surface area contributed by atoms with Crippen LogP contribution in [0.2, 0.25) is 0 Å². The molecule has 154 valence electrons. The lowest BCUT2D eigenvalue weighted by atomic mass is 10.0. The zero-order valence-corrected chi connectivity index (χ0v) is 16.6. The molecule has 0 radical (unpaired) electrons. The van der Waals surface area contributed by atoms with Gasteiger partial charge in [0.1, 0.15) is 11.6 Å². The Morgan fingerprint density at radius 3 is 2.62 bits per heavy atom. The van der Waals surface area contributed by atoms with Gasteiger partial charge in [0, 0.05) is 31.9 Å². The number of fused-ring (bicyclic) bond motifs is 1. The van der Waals surface area contributed by atoms with E-state index in [0.717, 1.165) is 36.7 Å². The number of carbonyl (C=O) groups excluding carboxylic acids is 2. The number of anilines is 2. The fourth-order valence-corrected chi connectivity index (χ4v) is 3.43.